The van der Waals surface area contributed by atoms with Crippen LogP contribution < -0.4 is 4.74 Å². The summed E-state index contributed by atoms with van der Waals surface area (Å²) in [5, 5.41) is 17.6. The van der Waals surface area contributed by atoms with Crippen molar-refractivity contribution < 1.29 is 19.7 Å². The van der Waals surface area contributed by atoms with Gasteiger partial charge in [0.15, 0.2) is 0 Å². The number of carboxylic acids is 1. The standard InChI is InChI=1S/C14H21NO4/c1-19-13-4-2-12(3-5-13)6-8-15(10-11-16)9-7-14(17)18/h2-5,16H,6-11H2,1H3,(H,17,18). The van der Waals surface area contributed by atoms with Crippen LogP contribution in [0, 0.1) is 0 Å². The Morgan fingerprint density at radius 2 is 1.89 bits per heavy atom. The van der Waals surface area contributed by atoms with Crippen molar-refractivity contribution in [2.75, 3.05) is 33.4 Å². The molecule has 1 rings (SSSR count). The molecule has 0 bridgehead atoms. The number of carbonyl (C=O) groups is 1. The third kappa shape index (κ3) is 6.22. The topological polar surface area (TPSA) is 70.0 Å². The highest BCUT2D eigenvalue weighted by atomic mass is 16.5. The van der Waals surface area contributed by atoms with Crippen LogP contribution in [0.4, 0.5) is 0 Å². The molecule has 0 amide bonds. The SMILES string of the molecule is COc1ccc(CCN(CCO)CCC(=O)O)cc1. The highest BCUT2D eigenvalue weighted by molar-refractivity contribution is 5.66. The van der Waals surface area contributed by atoms with Crippen LogP contribution >= 0.6 is 0 Å². The van der Waals surface area contributed by atoms with Gasteiger partial charge in [0.1, 0.15) is 5.75 Å². The van der Waals surface area contributed by atoms with Crippen molar-refractivity contribution >= 4 is 5.97 Å². The zero-order chi connectivity index (χ0) is 14.1. The van der Waals surface area contributed by atoms with Crippen LogP contribution in [-0.2, 0) is 11.2 Å². The number of hydrogen-bond donors (Lipinski definition) is 2. The predicted octanol–water partition coefficient (Wildman–Crippen LogP) is 1.01. The Hall–Kier alpha value is -1.59. The normalized spacial score (nSPS) is 10.7. The number of rotatable bonds is 9. The smallest absolute Gasteiger partial charge is 0.304 e. The Morgan fingerprint density at radius 1 is 1.21 bits per heavy atom. The molecule has 0 spiro atoms. The second-order valence-corrected chi connectivity index (χ2v) is 4.31. The van der Waals surface area contributed by atoms with Gasteiger partial charge in [-0.25, -0.2) is 0 Å². The van der Waals surface area contributed by atoms with Gasteiger partial charge >= 0.3 is 5.97 Å². The minimum absolute atomic E-state index is 0.0439. The van der Waals surface area contributed by atoms with Crippen molar-refractivity contribution in [3.05, 3.63) is 29.8 Å². The maximum absolute atomic E-state index is 10.5. The van der Waals surface area contributed by atoms with E-state index in [-0.39, 0.29) is 13.0 Å². The number of nitrogens with zero attached hydrogens (tertiary/aromatic N) is 1. The molecule has 0 saturated carbocycles. The second-order valence-electron chi connectivity index (χ2n) is 4.31. The van der Waals surface area contributed by atoms with Gasteiger partial charge in [-0.2, -0.15) is 0 Å². The van der Waals surface area contributed by atoms with Crippen molar-refractivity contribution in [3.8, 4) is 5.75 Å². The first-order valence-electron chi connectivity index (χ1n) is 6.33. The Labute approximate surface area is 113 Å². The molecule has 106 valence electrons. The van der Waals surface area contributed by atoms with Crippen molar-refractivity contribution in [2.45, 2.75) is 12.8 Å². The maximum atomic E-state index is 10.5. The molecule has 0 unspecified atom stereocenters. The van der Waals surface area contributed by atoms with Gasteiger partial charge in [-0.15, -0.1) is 0 Å². The summed E-state index contributed by atoms with van der Waals surface area (Å²) in [5.41, 5.74) is 1.17. The van der Waals surface area contributed by atoms with E-state index < -0.39 is 5.97 Å². The lowest BCUT2D eigenvalue weighted by Crippen LogP contribution is -2.31. The predicted molar refractivity (Wildman–Crippen MR) is 72.5 cm³/mol. The molecule has 0 aliphatic carbocycles. The fraction of sp³-hybridized carbons (Fsp3) is 0.500. The fourth-order valence-electron chi connectivity index (χ4n) is 1.81. The zero-order valence-corrected chi connectivity index (χ0v) is 11.2. The van der Waals surface area contributed by atoms with Crippen molar-refractivity contribution in [2.24, 2.45) is 0 Å². The summed E-state index contributed by atoms with van der Waals surface area (Å²) in [6.45, 7) is 1.75. The molecule has 19 heavy (non-hydrogen) atoms. The quantitative estimate of drug-likeness (QED) is 0.698. The minimum Gasteiger partial charge on any atom is -0.497 e. The van der Waals surface area contributed by atoms with Gasteiger partial charge in [0.2, 0.25) is 0 Å². The molecule has 0 heterocycles. The van der Waals surface area contributed by atoms with E-state index in [9.17, 15) is 4.79 Å². The van der Waals surface area contributed by atoms with Crippen LogP contribution in [0.2, 0.25) is 0 Å². The number of ether oxygens (including phenoxy) is 1. The molecule has 0 atom stereocenters. The largest absolute Gasteiger partial charge is 0.497 e. The second kappa shape index (κ2) is 8.50. The molecule has 5 heteroatoms. The number of aliphatic hydroxyl groups is 1. The molecule has 0 aliphatic heterocycles. The first-order valence-corrected chi connectivity index (χ1v) is 6.33. The van der Waals surface area contributed by atoms with Gasteiger partial charge in [0.05, 0.1) is 20.1 Å². The minimum atomic E-state index is -0.813. The molecule has 0 aliphatic rings. The van der Waals surface area contributed by atoms with Gasteiger partial charge in [-0.3, -0.25) is 4.79 Å². The molecular formula is C14H21NO4. The van der Waals surface area contributed by atoms with E-state index in [4.69, 9.17) is 14.9 Å². The molecular weight excluding hydrogens is 246 g/mol. The molecule has 1 aromatic rings. The third-order valence-electron chi connectivity index (χ3n) is 2.93. The number of methoxy groups -OCH3 is 1. The molecule has 5 nitrogen and oxygen atoms in total. The van der Waals surface area contributed by atoms with E-state index in [0.29, 0.717) is 13.1 Å². The zero-order valence-electron chi connectivity index (χ0n) is 11.2. The van der Waals surface area contributed by atoms with Crippen LogP contribution in [-0.4, -0.2) is 54.4 Å². The van der Waals surface area contributed by atoms with E-state index >= 15 is 0 Å². The monoisotopic (exact) mass is 267 g/mol. The molecule has 2 N–H and O–H groups in total. The summed E-state index contributed by atoms with van der Waals surface area (Å²) >= 11 is 0. The van der Waals surface area contributed by atoms with Gasteiger partial charge in [-0.1, -0.05) is 12.1 Å². The molecule has 0 saturated heterocycles. The fourth-order valence-corrected chi connectivity index (χ4v) is 1.81. The van der Waals surface area contributed by atoms with Crippen LogP contribution in [0.3, 0.4) is 0 Å². The summed E-state index contributed by atoms with van der Waals surface area (Å²) in [5.74, 6) is 0.00855. The van der Waals surface area contributed by atoms with Crippen LogP contribution in [0.25, 0.3) is 0 Å². The van der Waals surface area contributed by atoms with E-state index in [2.05, 4.69) is 0 Å². The van der Waals surface area contributed by atoms with Gasteiger partial charge < -0.3 is 19.8 Å². The summed E-state index contributed by atoms with van der Waals surface area (Å²) in [6, 6.07) is 7.80. The highest BCUT2D eigenvalue weighted by Gasteiger charge is 2.07. The van der Waals surface area contributed by atoms with Crippen molar-refractivity contribution in [1.82, 2.24) is 4.90 Å². The number of aliphatic carboxylic acids is 1. The van der Waals surface area contributed by atoms with E-state index in [1.54, 1.807) is 7.11 Å². The van der Waals surface area contributed by atoms with Gasteiger partial charge in [0.25, 0.3) is 0 Å². The van der Waals surface area contributed by atoms with E-state index in [1.807, 2.05) is 29.2 Å². The molecule has 0 radical (unpaired) electrons. The van der Waals surface area contributed by atoms with Gasteiger partial charge in [-0.05, 0) is 24.1 Å². The van der Waals surface area contributed by atoms with E-state index in [1.165, 1.54) is 5.56 Å². The van der Waals surface area contributed by atoms with Crippen LogP contribution in [0.5, 0.6) is 5.75 Å². The summed E-state index contributed by atoms with van der Waals surface area (Å²) in [7, 11) is 1.63. The van der Waals surface area contributed by atoms with Crippen molar-refractivity contribution in [1.29, 1.82) is 0 Å². The summed E-state index contributed by atoms with van der Waals surface area (Å²) in [4.78, 5) is 12.5. The maximum Gasteiger partial charge on any atom is 0.304 e. The average Bonchev–Trinajstić information content (AvgIpc) is 2.42. The van der Waals surface area contributed by atoms with Crippen LogP contribution in [0.15, 0.2) is 24.3 Å². The lowest BCUT2D eigenvalue weighted by atomic mass is 10.1. The molecule has 1 aromatic carbocycles. The number of benzene rings is 1. The lowest BCUT2D eigenvalue weighted by Gasteiger charge is -2.20. The number of hydrogen-bond acceptors (Lipinski definition) is 4. The van der Waals surface area contributed by atoms with Gasteiger partial charge in [0, 0.05) is 19.6 Å². The Morgan fingerprint density at radius 3 is 2.42 bits per heavy atom. The first kappa shape index (κ1) is 15.5. The first-order chi connectivity index (χ1) is 9.15. The molecule has 0 fully saturated rings. The number of carboxylic acid groups (broad SMARTS) is 1. The summed E-state index contributed by atoms with van der Waals surface area (Å²) in [6.07, 6.45) is 0.923. The summed E-state index contributed by atoms with van der Waals surface area (Å²) < 4.78 is 5.09. The Kier molecular flexibility index (Phi) is 6.92. The lowest BCUT2D eigenvalue weighted by molar-refractivity contribution is -0.137. The number of aliphatic hydroxyl groups excluding tert-OH is 1. The van der Waals surface area contributed by atoms with Crippen LogP contribution in [0.1, 0.15) is 12.0 Å². The highest BCUT2D eigenvalue weighted by Crippen LogP contribution is 2.12. The Balaban J connectivity index is 2.42. The third-order valence-corrected chi connectivity index (χ3v) is 2.93. The average molecular weight is 267 g/mol. The van der Waals surface area contributed by atoms with Crippen molar-refractivity contribution in [3.63, 3.8) is 0 Å². The molecule has 0 aromatic heterocycles. The Bertz CT molecular complexity index is 378. The van der Waals surface area contributed by atoms with E-state index in [0.717, 1.165) is 18.7 Å².